The lowest BCUT2D eigenvalue weighted by Gasteiger charge is -2.34. The van der Waals surface area contributed by atoms with Crippen LogP contribution in [0.5, 0.6) is 5.75 Å². The lowest BCUT2D eigenvalue weighted by Crippen LogP contribution is -2.48. The van der Waals surface area contributed by atoms with E-state index < -0.39 is 50.4 Å². The smallest absolute Gasteiger partial charge is 0.277 e. The minimum atomic E-state index is -4.09. The van der Waals surface area contributed by atoms with Crippen LogP contribution in [-0.2, 0) is 14.8 Å². The number of anilines is 1. The van der Waals surface area contributed by atoms with Gasteiger partial charge in [0, 0.05) is 31.3 Å². The quantitative estimate of drug-likeness (QED) is 0.418. The maximum atomic E-state index is 14.8. The lowest BCUT2D eigenvalue weighted by molar-refractivity contribution is 0.0806. The van der Waals surface area contributed by atoms with E-state index in [1.165, 1.54) is 25.4 Å². The molecule has 10 nitrogen and oxygen atoms in total. The second-order valence-corrected chi connectivity index (χ2v) is 9.49. The van der Waals surface area contributed by atoms with E-state index in [1.54, 1.807) is 0 Å². The summed E-state index contributed by atoms with van der Waals surface area (Å²) in [5.41, 5.74) is 4.94. The number of guanidine groups is 1. The van der Waals surface area contributed by atoms with Gasteiger partial charge in [0.15, 0.2) is 11.5 Å². The summed E-state index contributed by atoms with van der Waals surface area (Å²) in [6, 6.07) is 4.59. The topological polar surface area (TPSA) is 148 Å². The zero-order valence-electron chi connectivity index (χ0n) is 17.8. The number of hydrogen-bond acceptors (Lipinski definition) is 7. The number of carbonyl (C=O) groups is 1. The number of benzene rings is 1. The molecule has 2 unspecified atom stereocenters. The van der Waals surface area contributed by atoms with Gasteiger partial charge in [-0.1, -0.05) is 0 Å². The van der Waals surface area contributed by atoms with Crippen LogP contribution in [0.3, 0.4) is 0 Å². The van der Waals surface area contributed by atoms with Crippen LogP contribution < -0.4 is 15.8 Å². The number of nitrogens with two attached hydrogens (primary N) is 1. The second-order valence-electron chi connectivity index (χ2n) is 7.30. The van der Waals surface area contributed by atoms with Gasteiger partial charge in [0.25, 0.3) is 5.91 Å². The zero-order valence-corrected chi connectivity index (χ0v) is 18.7. The largest absolute Gasteiger partial charge is 0.495 e. The van der Waals surface area contributed by atoms with Crippen LogP contribution in [0.25, 0.3) is 0 Å². The first-order valence-electron chi connectivity index (χ1n) is 9.76. The molecule has 13 heteroatoms. The Morgan fingerprint density at radius 1 is 1.33 bits per heavy atom. The monoisotopic (exact) mass is 483 g/mol. The number of nitrogens with one attached hydrogen (secondary N) is 2. The Morgan fingerprint density at radius 2 is 2.06 bits per heavy atom. The summed E-state index contributed by atoms with van der Waals surface area (Å²) in [4.78, 5) is 16.2. The average Bonchev–Trinajstić information content (AvgIpc) is 2.79. The molecule has 1 aliphatic heterocycles. The molecule has 0 radical (unpaired) electrons. The van der Waals surface area contributed by atoms with E-state index in [-0.39, 0.29) is 36.6 Å². The first kappa shape index (κ1) is 24.3. The van der Waals surface area contributed by atoms with Crippen molar-refractivity contribution < 1.29 is 31.5 Å². The van der Waals surface area contributed by atoms with Crippen molar-refractivity contribution >= 4 is 27.6 Å². The highest BCUT2D eigenvalue weighted by molar-refractivity contribution is 7.90. The second kappa shape index (κ2) is 9.67. The number of methoxy groups -OCH3 is 1. The highest BCUT2D eigenvalue weighted by Gasteiger charge is 2.41. The van der Waals surface area contributed by atoms with Gasteiger partial charge in [0.2, 0.25) is 16.0 Å². The predicted octanol–water partition coefficient (Wildman–Crippen LogP) is 1.65. The Balaban J connectivity index is 1.91. The van der Waals surface area contributed by atoms with E-state index in [0.717, 1.165) is 19.2 Å². The molecule has 0 bridgehead atoms. The predicted molar refractivity (Wildman–Crippen MR) is 116 cm³/mol. The summed E-state index contributed by atoms with van der Waals surface area (Å²) >= 11 is 0. The number of pyridine rings is 1. The van der Waals surface area contributed by atoms with Crippen molar-refractivity contribution in [2.45, 2.75) is 17.6 Å². The third kappa shape index (κ3) is 5.03. The Morgan fingerprint density at radius 3 is 2.70 bits per heavy atom. The van der Waals surface area contributed by atoms with Crippen LogP contribution in [0.2, 0.25) is 0 Å². The molecule has 3 rings (SSSR count). The Hall–Kier alpha value is -3.32. The third-order valence-corrected chi connectivity index (χ3v) is 7.61. The van der Waals surface area contributed by atoms with Gasteiger partial charge in [-0.25, -0.2) is 26.5 Å². The highest BCUT2D eigenvalue weighted by atomic mass is 32.2. The number of nitrogens with zero attached hydrogens (tertiary/aromatic N) is 2. The minimum absolute atomic E-state index is 0.0128. The van der Waals surface area contributed by atoms with Crippen LogP contribution in [0.4, 0.5) is 14.5 Å². The molecule has 1 aromatic carbocycles. The zero-order chi connectivity index (χ0) is 24.3. The van der Waals surface area contributed by atoms with Crippen molar-refractivity contribution in [3.63, 3.8) is 0 Å². The summed E-state index contributed by atoms with van der Waals surface area (Å²) in [5, 5.41) is 8.77. The fraction of sp³-hybridized carbons (Fsp3) is 0.350. The normalized spacial score (nSPS) is 18.4. The molecule has 1 fully saturated rings. The molecule has 2 aromatic rings. The Bertz CT molecular complexity index is 1180. The number of hydrogen-bond donors (Lipinski definition) is 3. The van der Waals surface area contributed by atoms with E-state index in [9.17, 15) is 22.0 Å². The number of ether oxygens (including phenoxy) is 2. The summed E-state index contributed by atoms with van der Waals surface area (Å²) in [6.45, 7) is 0.0330. The van der Waals surface area contributed by atoms with Gasteiger partial charge in [0.05, 0.1) is 25.2 Å². The van der Waals surface area contributed by atoms with Crippen molar-refractivity contribution in [3.8, 4) is 5.75 Å². The summed E-state index contributed by atoms with van der Waals surface area (Å²) in [5.74, 6) is -3.97. The Kier molecular flexibility index (Phi) is 7.12. The number of amides is 1. The first-order valence-corrected chi connectivity index (χ1v) is 11.3. The van der Waals surface area contributed by atoms with Gasteiger partial charge in [0.1, 0.15) is 11.6 Å². The van der Waals surface area contributed by atoms with Crippen LogP contribution in [0.1, 0.15) is 28.4 Å². The lowest BCUT2D eigenvalue weighted by atomic mass is 9.92. The van der Waals surface area contributed by atoms with Gasteiger partial charge in [-0.05, 0) is 30.2 Å². The van der Waals surface area contributed by atoms with Crippen molar-refractivity contribution in [1.29, 1.82) is 5.41 Å². The maximum Gasteiger partial charge on any atom is 0.277 e. The molecule has 0 spiro atoms. The molecule has 33 heavy (non-hydrogen) atoms. The first-order chi connectivity index (χ1) is 15.6. The standard InChI is InChI=1S/C20H23F2N5O5S/c1-27(20(23)24)33(29,30)17-5-6-32-10-14(17)13-7-11(3-4-15(13)21)26-19(28)18-16(22)8-12(31-2)9-25-18/h3-4,7-9,14,17H,5-6,10H2,1-2H3,(H3,23,24)(H,26,28). The fourth-order valence-electron chi connectivity index (χ4n) is 3.50. The SMILES string of the molecule is COc1cnc(C(=O)Nc2ccc(F)c(C3COCCC3S(=O)(=O)N(C)C(=N)N)c2)c(F)c1. The van der Waals surface area contributed by atoms with Gasteiger partial charge in [-0.2, -0.15) is 0 Å². The van der Waals surface area contributed by atoms with E-state index in [2.05, 4.69) is 10.3 Å². The van der Waals surface area contributed by atoms with E-state index >= 15 is 0 Å². The molecule has 0 aliphatic carbocycles. The molecule has 1 aromatic heterocycles. The summed E-state index contributed by atoms with van der Waals surface area (Å²) < 4.78 is 65.7. The molecule has 2 atom stereocenters. The van der Waals surface area contributed by atoms with Crippen molar-refractivity contribution in [3.05, 3.63) is 53.4 Å². The fourth-order valence-corrected chi connectivity index (χ4v) is 5.21. The molecule has 4 N–H and O–H groups in total. The number of sulfonamides is 1. The van der Waals surface area contributed by atoms with E-state index in [1.807, 2.05) is 0 Å². The summed E-state index contributed by atoms with van der Waals surface area (Å²) in [6.07, 6.45) is 1.23. The van der Waals surface area contributed by atoms with E-state index in [4.69, 9.17) is 20.6 Å². The van der Waals surface area contributed by atoms with Crippen LogP contribution >= 0.6 is 0 Å². The van der Waals surface area contributed by atoms with Crippen LogP contribution in [0, 0.1) is 17.0 Å². The highest BCUT2D eigenvalue weighted by Crippen LogP contribution is 2.35. The molecule has 1 amide bonds. The molecule has 178 valence electrons. The summed E-state index contributed by atoms with van der Waals surface area (Å²) in [7, 11) is -1.62. The van der Waals surface area contributed by atoms with Crippen molar-refractivity contribution in [2.75, 3.05) is 32.7 Å². The maximum absolute atomic E-state index is 14.8. The molecular weight excluding hydrogens is 460 g/mol. The minimum Gasteiger partial charge on any atom is -0.495 e. The van der Waals surface area contributed by atoms with Crippen molar-refractivity contribution in [2.24, 2.45) is 5.73 Å². The number of carbonyl (C=O) groups excluding carboxylic acids is 1. The van der Waals surface area contributed by atoms with Gasteiger partial charge >= 0.3 is 0 Å². The number of aromatic nitrogens is 1. The third-order valence-electron chi connectivity index (χ3n) is 5.32. The van der Waals surface area contributed by atoms with Crippen LogP contribution in [-0.4, -0.2) is 62.2 Å². The Labute approximate surface area is 189 Å². The average molecular weight is 483 g/mol. The van der Waals surface area contributed by atoms with Gasteiger partial charge in [-0.15, -0.1) is 0 Å². The van der Waals surface area contributed by atoms with Crippen molar-refractivity contribution in [1.82, 2.24) is 9.29 Å². The van der Waals surface area contributed by atoms with Gasteiger partial charge in [-0.3, -0.25) is 10.2 Å². The van der Waals surface area contributed by atoms with Gasteiger partial charge < -0.3 is 20.5 Å². The molecule has 1 aliphatic rings. The molecule has 1 saturated heterocycles. The number of halogens is 2. The molecule has 2 heterocycles. The molecule has 0 saturated carbocycles. The molecular formula is C20H23F2N5O5S. The number of rotatable bonds is 6. The van der Waals surface area contributed by atoms with Crippen LogP contribution in [0.15, 0.2) is 30.5 Å². The van der Waals surface area contributed by atoms with E-state index in [0.29, 0.717) is 4.31 Å².